The molecule has 5 nitrogen and oxygen atoms in total. The van der Waals surface area contributed by atoms with Crippen LogP contribution in [-0.4, -0.2) is 39.1 Å². The fourth-order valence-corrected chi connectivity index (χ4v) is 2.77. The highest BCUT2D eigenvalue weighted by atomic mass is 15.3. The van der Waals surface area contributed by atoms with E-state index in [4.69, 9.17) is 5.73 Å². The molecule has 2 aromatic rings. The van der Waals surface area contributed by atoms with Crippen molar-refractivity contribution in [2.24, 2.45) is 5.73 Å². The van der Waals surface area contributed by atoms with Crippen molar-refractivity contribution >= 4 is 5.65 Å². The van der Waals surface area contributed by atoms with Gasteiger partial charge in [-0.15, -0.1) is 10.2 Å². The van der Waals surface area contributed by atoms with Crippen molar-refractivity contribution in [3.05, 3.63) is 29.7 Å². The van der Waals surface area contributed by atoms with E-state index < -0.39 is 0 Å². The number of hydrogen-bond donors (Lipinski definition) is 1. The first kappa shape index (κ1) is 11.6. The zero-order chi connectivity index (χ0) is 12.5. The number of hydrogen-bond acceptors (Lipinski definition) is 4. The quantitative estimate of drug-likeness (QED) is 0.870. The summed E-state index contributed by atoms with van der Waals surface area (Å²) < 4.78 is 2.08. The van der Waals surface area contributed by atoms with Crippen LogP contribution in [0.5, 0.6) is 0 Å². The summed E-state index contributed by atoms with van der Waals surface area (Å²) in [5, 5.41) is 8.60. The van der Waals surface area contributed by atoms with Crippen molar-refractivity contribution in [3.63, 3.8) is 0 Å². The van der Waals surface area contributed by atoms with E-state index >= 15 is 0 Å². The summed E-state index contributed by atoms with van der Waals surface area (Å²) in [6, 6.07) is 4.62. The Morgan fingerprint density at radius 3 is 3.06 bits per heavy atom. The van der Waals surface area contributed by atoms with Crippen LogP contribution in [0.4, 0.5) is 0 Å². The second-order valence-electron chi connectivity index (χ2n) is 5.03. The van der Waals surface area contributed by atoms with Gasteiger partial charge in [-0.05, 0) is 32.5 Å². The van der Waals surface area contributed by atoms with Crippen molar-refractivity contribution in [3.8, 4) is 0 Å². The second-order valence-corrected chi connectivity index (χ2v) is 5.03. The highest BCUT2D eigenvalue weighted by Crippen LogP contribution is 2.19. The number of rotatable bonds is 3. The minimum absolute atomic E-state index is 0.506. The predicted molar refractivity (Wildman–Crippen MR) is 70.2 cm³/mol. The van der Waals surface area contributed by atoms with Crippen LogP contribution in [-0.2, 0) is 13.0 Å². The first-order valence-electron chi connectivity index (χ1n) is 6.51. The van der Waals surface area contributed by atoms with Gasteiger partial charge in [0.05, 0.1) is 0 Å². The van der Waals surface area contributed by atoms with Crippen molar-refractivity contribution in [1.82, 2.24) is 19.5 Å². The molecule has 3 rings (SSSR count). The molecule has 0 bridgehead atoms. The highest BCUT2D eigenvalue weighted by Gasteiger charge is 2.23. The first-order chi connectivity index (χ1) is 8.79. The van der Waals surface area contributed by atoms with Crippen LogP contribution in [0.3, 0.4) is 0 Å². The van der Waals surface area contributed by atoms with E-state index in [0.29, 0.717) is 12.6 Å². The van der Waals surface area contributed by atoms with Gasteiger partial charge in [-0.25, -0.2) is 0 Å². The number of aromatic nitrogens is 3. The van der Waals surface area contributed by atoms with E-state index in [1.807, 2.05) is 18.3 Å². The second kappa shape index (κ2) is 4.66. The molecule has 1 unspecified atom stereocenters. The maximum atomic E-state index is 5.72. The molecule has 1 aliphatic heterocycles. The number of fused-ring (bicyclic) bond motifs is 1. The van der Waals surface area contributed by atoms with E-state index in [0.717, 1.165) is 23.5 Å². The van der Waals surface area contributed by atoms with Crippen molar-refractivity contribution < 1.29 is 0 Å². The maximum absolute atomic E-state index is 5.72. The number of nitrogens with two attached hydrogens (primary N) is 1. The lowest BCUT2D eigenvalue weighted by molar-refractivity contribution is 0.305. The molecular weight excluding hydrogens is 226 g/mol. The highest BCUT2D eigenvalue weighted by molar-refractivity contribution is 5.47. The van der Waals surface area contributed by atoms with Crippen molar-refractivity contribution in [2.45, 2.75) is 31.8 Å². The Morgan fingerprint density at radius 2 is 2.33 bits per heavy atom. The van der Waals surface area contributed by atoms with Crippen LogP contribution in [0.25, 0.3) is 5.65 Å². The molecule has 1 saturated heterocycles. The summed E-state index contributed by atoms with van der Waals surface area (Å²) in [5.74, 6) is 1.04. The molecule has 2 N–H and O–H groups in total. The van der Waals surface area contributed by atoms with Gasteiger partial charge in [-0.2, -0.15) is 0 Å². The Kier molecular flexibility index (Phi) is 3.01. The number of nitrogens with zero attached hydrogens (tertiary/aromatic N) is 4. The zero-order valence-corrected chi connectivity index (χ0v) is 10.7. The lowest BCUT2D eigenvalue weighted by Gasteiger charge is -2.18. The lowest BCUT2D eigenvalue weighted by Crippen LogP contribution is -2.27. The SMILES string of the molecule is CN1CCCC1Cc1nnc2c(CN)cccn12. The lowest BCUT2D eigenvalue weighted by atomic mass is 10.1. The van der Waals surface area contributed by atoms with Crippen LogP contribution in [0.2, 0.25) is 0 Å². The Hall–Kier alpha value is -1.46. The average molecular weight is 245 g/mol. The predicted octanol–water partition coefficient (Wildman–Crippen LogP) is 0.825. The van der Waals surface area contributed by atoms with E-state index in [1.54, 1.807) is 0 Å². The fourth-order valence-electron chi connectivity index (χ4n) is 2.77. The Labute approximate surface area is 107 Å². The van der Waals surface area contributed by atoms with E-state index in [9.17, 15) is 0 Å². The average Bonchev–Trinajstić information content (AvgIpc) is 2.97. The van der Waals surface area contributed by atoms with Crippen LogP contribution >= 0.6 is 0 Å². The van der Waals surface area contributed by atoms with Crippen molar-refractivity contribution in [2.75, 3.05) is 13.6 Å². The van der Waals surface area contributed by atoms with Gasteiger partial charge in [0.1, 0.15) is 5.82 Å². The van der Waals surface area contributed by atoms with Gasteiger partial charge in [-0.3, -0.25) is 4.40 Å². The first-order valence-corrected chi connectivity index (χ1v) is 6.51. The van der Waals surface area contributed by atoms with Crippen LogP contribution in [0.15, 0.2) is 18.3 Å². The van der Waals surface area contributed by atoms with Gasteiger partial charge < -0.3 is 10.6 Å². The maximum Gasteiger partial charge on any atom is 0.165 e. The summed E-state index contributed by atoms with van der Waals surface area (Å²) >= 11 is 0. The number of likely N-dealkylation sites (N-methyl/N-ethyl adjacent to an activating group) is 1. The van der Waals surface area contributed by atoms with E-state index in [1.165, 1.54) is 19.4 Å². The molecule has 2 aromatic heterocycles. The zero-order valence-electron chi connectivity index (χ0n) is 10.7. The van der Waals surface area contributed by atoms with Crippen LogP contribution < -0.4 is 5.73 Å². The molecule has 1 aliphatic rings. The molecule has 0 aliphatic carbocycles. The van der Waals surface area contributed by atoms with E-state index in [2.05, 4.69) is 26.5 Å². The van der Waals surface area contributed by atoms with Crippen LogP contribution in [0.1, 0.15) is 24.2 Å². The third-order valence-corrected chi connectivity index (χ3v) is 3.90. The number of pyridine rings is 1. The molecule has 0 radical (unpaired) electrons. The van der Waals surface area contributed by atoms with Crippen LogP contribution in [0, 0.1) is 0 Å². The normalized spacial score (nSPS) is 20.9. The van der Waals surface area contributed by atoms with E-state index in [-0.39, 0.29) is 0 Å². The molecule has 96 valence electrons. The van der Waals surface area contributed by atoms with Gasteiger partial charge in [0.2, 0.25) is 0 Å². The fraction of sp³-hybridized carbons (Fsp3) is 0.538. The molecule has 18 heavy (non-hydrogen) atoms. The van der Waals surface area contributed by atoms with Gasteiger partial charge in [-0.1, -0.05) is 6.07 Å². The molecule has 3 heterocycles. The third-order valence-electron chi connectivity index (χ3n) is 3.90. The summed E-state index contributed by atoms with van der Waals surface area (Å²) in [7, 11) is 2.19. The molecule has 0 aromatic carbocycles. The Morgan fingerprint density at radius 1 is 1.44 bits per heavy atom. The Bertz CT molecular complexity index is 547. The topological polar surface area (TPSA) is 59.5 Å². The minimum Gasteiger partial charge on any atom is -0.326 e. The van der Waals surface area contributed by atoms with Gasteiger partial charge in [0.15, 0.2) is 5.65 Å². The Balaban J connectivity index is 1.93. The summed E-state index contributed by atoms with van der Waals surface area (Å²) in [4.78, 5) is 2.41. The molecular formula is C13H19N5. The van der Waals surface area contributed by atoms with Gasteiger partial charge in [0.25, 0.3) is 0 Å². The largest absolute Gasteiger partial charge is 0.326 e. The summed E-state index contributed by atoms with van der Waals surface area (Å²) in [6.45, 7) is 1.70. The smallest absolute Gasteiger partial charge is 0.165 e. The third kappa shape index (κ3) is 1.89. The molecule has 1 fully saturated rings. The molecule has 1 atom stereocenters. The number of likely N-dealkylation sites (tertiary alicyclic amines) is 1. The molecule has 5 heteroatoms. The monoisotopic (exact) mass is 245 g/mol. The molecule has 0 saturated carbocycles. The van der Waals surface area contributed by atoms with Gasteiger partial charge in [0, 0.05) is 30.8 Å². The molecule has 0 spiro atoms. The molecule has 0 amide bonds. The minimum atomic E-state index is 0.506. The summed E-state index contributed by atoms with van der Waals surface area (Å²) in [5.41, 5.74) is 7.67. The summed E-state index contributed by atoms with van der Waals surface area (Å²) in [6.07, 6.45) is 5.53. The standard InChI is InChI=1S/C13H19N5/c1-17-6-3-5-11(17)8-12-15-16-13-10(9-14)4-2-7-18(12)13/h2,4,7,11H,3,5-6,8-9,14H2,1H3. The van der Waals surface area contributed by atoms with Gasteiger partial charge >= 0.3 is 0 Å². The van der Waals surface area contributed by atoms with Crippen molar-refractivity contribution in [1.29, 1.82) is 0 Å².